The molecule has 9 nitrogen and oxygen atoms in total. The van der Waals surface area contributed by atoms with Crippen LogP contribution in [-0.4, -0.2) is 83.9 Å². The predicted octanol–water partition coefficient (Wildman–Crippen LogP) is 1.01. The van der Waals surface area contributed by atoms with Gasteiger partial charge in [0.25, 0.3) is 0 Å². The second kappa shape index (κ2) is 9.19. The maximum atomic E-state index is 12.5. The van der Waals surface area contributed by atoms with Crippen molar-refractivity contribution in [2.24, 2.45) is 7.05 Å². The highest BCUT2D eigenvalue weighted by molar-refractivity contribution is 7.99. The first kappa shape index (κ1) is 19.6. The van der Waals surface area contributed by atoms with Crippen LogP contribution in [0, 0.1) is 0 Å². The normalized spacial score (nSPS) is 15.0. The molecule has 1 aliphatic rings. The van der Waals surface area contributed by atoms with Gasteiger partial charge in [-0.1, -0.05) is 42.1 Å². The minimum atomic E-state index is 0.138. The highest BCUT2D eigenvalue weighted by atomic mass is 32.2. The lowest BCUT2D eigenvalue weighted by molar-refractivity contribution is -0.130. The van der Waals surface area contributed by atoms with Gasteiger partial charge in [-0.05, 0) is 10.4 Å². The smallest absolute Gasteiger partial charge is 0.233 e. The second-order valence-corrected chi connectivity index (χ2v) is 7.85. The molecule has 29 heavy (non-hydrogen) atoms. The van der Waals surface area contributed by atoms with Crippen molar-refractivity contribution in [2.45, 2.75) is 11.7 Å². The van der Waals surface area contributed by atoms with Crippen molar-refractivity contribution in [2.75, 3.05) is 38.5 Å². The number of aryl methyl sites for hydroxylation is 1. The van der Waals surface area contributed by atoms with E-state index in [-0.39, 0.29) is 5.91 Å². The molecule has 1 aliphatic heterocycles. The van der Waals surface area contributed by atoms with E-state index in [1.54, 1.807) is 11.7 Å². The molecule has 1 fully saturated rings. The average molecular weight is 413 g/mol. The number of nitrogens with zero attached hydrogens (tertiary/aromatic N) is 8. The Bertz CT molecular complexity index is 933. The average Bonchev–Trinajstić information content (AvgIpc) is 3.40. The minimum Gasteiger partial charge on any atom is -0.339 e. The molecule has 0 N–H and O–H groups in total. The Labute approximate surface area is 173 Å². The molecule has 0 aliphatic carbocycles. The van der Waals surface area contributed by atoms with E-state index >= 15 is 0 Å². The Morgan fingerprint density at radius 1 is 1.10 bits per heavy atom. The summed E-state index contributed by atoms with van der Waals surface area (Å²) in [6, 6.07) is 10.2. The third kappa shape index (κ3) is 4.83. The predicted molar refractivity (Wildman–Crippen MR) is 110 cm³/mol. The molecule has 0 saturated carbocycles. The Kier molecular flexibility index (Phi) is 6.20. The summed E-state index contributed by atoms with van der Waals surface area (Å²) in [6.45, 7) is 5.11. The number of rotatable bonds is 7. The first-order valence-corrected chi connectivity index (χ1v) is 10.6. The highest BCUT2D eigenvalue weighted by Crippen LogP contribution is 2.17. The van der Waals surface area contributed by atoms with Crippen molar-refractivity contribution >= 4 is 17.7 Å². The van der Waals surface area contributed by atoms with Crippen LogP contribution in [0.3, 0.4) is 0 Å². The van der Waals surface area contributed by atoms with Gasteiger partial charge in [0.2, 0.25) is 11.1 Å². The Balaban J connectivity index is 1.23. The molecule has 2 aromatic heterocycles. The van der Waals surface area contributed by atoms with E-state index in [0.29, 0.717) is 10.9 Å². The van der Waals surface area contributed by atoms with Gasteiger partial charge in [-0.3, -0.25) is 9.69 Å². The maximum Gasteiger partial charge on any atom is 0.233 e. The van der Waals surface area contributed by atoms with Gasteiger partial charge in [0, 0.05) is 64.3 Å². The van der Waals surface area contributed by atoms with E-state index in [2.05, 4.69) is 42.1 Å². The number of piperazine rings is 1. The summed E-state index contributed by atoms with van der Waals surface area (Å²) in [7, 11) is 1.77. The Morgan fingerprint density at radius 3 is 2.62 bits per heavy atom. The number of carbonyl (C=O) groups is 1. The number of imidazole rings is 1. The maximum absolute atomic E-state index is 12.5. The third-order valence-corrected chi connectivity index (χ3v) is 6.03. The van der Waals surface area contributed by atoms with Crippen molar-refractivity contribution < 1.29 is 4.79 Å². The molecule has 1 aromatic carbocycles. The lowest BCUT2D eigenvalue weighted by atomic mass is 10.2. The Hall–Kier alpha value is -2.72. The summed E-state index contributed by atoms with van der Waals surface area (Å²) in [5, 5.41) is 11.9. The molecule has 10 heteroatoms. The summed E-state index contributed by atoms with van der Waals surface area (Å²) in [4.78, 5) is 21.3. The van der Waals surface area contributed by atoms with Crippen molar-refractivity contribution in [1.82, 2.24) is 39.6 Å². The molecule has 0 spiro atoms. The largest absolute Gasteiger partial charge is 0.339 e. The quantitative estimate of drug-likeness (QED) is 0.536. The zero-order valence-corrected chi connectivity index (χ0v) is 17.2. The van der Waals surface area contributed by atoms with Crippen molar-refractivity contribution in [1.29, 1.82) is 0 Å². The Morgan fingerprint density at radius 2 is 1.90 bits per heavy atom. The van der Waals surface area contributed by atoms with Crippen LogP contribution < -0.4 is 0 Å². The van der Waals surface area contributed by atoms with Gasteiger partial charge in [0.1, 0.15) is 5.82 Å². The van der Waals surface area contributed by atoms with E-state index in [1.165, 1.54) is 11.8 Å². The van der Waals surface area contributed by atoms with Gasteiger partial charge in [-0.2, -0.15) is 0 Å². The number of hydrogen-bond acceptors (Lipinski definition) is 7. The van der Waals surface area contributed by atoms with E-state index < -0.39 is 0 Å². The van der Waals surface area contributed by atoms with Gasteiger partial charge in [0.05, 0.1) is 5.75 Å². The van der Waals surface area contributed by atoms with Crippen LogP contribution in [0.1, 0.15) is 0 Å². The van der Waals surface area contributed by atoms with E-state index in [1.807, 2.05) is 35.5 Å². The van der Waals surface area contributed by atoms with Gasteiger partial charge >= 0.3 is 0 Å². The number of amides is 1. The third-order valence-electron chi connectivity index (χ3n) is 5.04. The number of benzene rings is 1. The fraction of sp³-hybridized carbons (Fsp3) is 0.421. The van der Waals surface area contributed by atoms with Crippen LogP contribution in [0.2, 0.25) is 0 Å². The zero-order chi connectivity index (χ0) is 20.1. The SMILES string of the molecule is Cn1nnnc1SCC(=O)N1CCN(CCn2ccnc2-c2ccccc2)CC1. The topological polar surface area (TPSA) is 85.0 Å². The van der Waals surface area contributed by atoms with Gasteiger partial charge in [0.15, 0.2) is 0 Å². The fourth-order valence-electron chi connectivity index (χ4n) is 3.37. The van der Waals surface area contributed by atoms with Crippen LogP contribution in [0.15, 0.2) is 47.9 Å². The number of aromatic nitrogens is 6. The summed E-state index contributed by atoms with van der Waals surface area (Å²) in [5.41, 5.74) is 1.13. The van der Waals surface area contributed by atoms with Gasteiger partial charge in [-0.25, -0.2) is 9.67 Å². The number of hydrogen-bond donors (Lipinski definition) is 0. The first-order valence-electron chi connectivity index (χ1n) is 9.62. The monoisotopic (exact) mass is 412 g/mol. The number of thioether (sulfide) groups is 1. The summed E-state index contributed by atoms with van der Waals surface area (Å²) in [5.74, 6) is 1.50. The first-order chi connectivity index (χ1) is 14.2. The molecule has 0 bridgehead atoms. The standard InChI is InChI=1S/C19H24N8OS/c1-24-19(21-22-23-24)29-15-17(28)26-12-9-25(10-13-26)11-14-27-8-7-20-18(27)16-5-3-2-4-6-16/h2-8H,9-15H2,1H3. The lowest BCUT2D eigenvalue weighted by Crippen LogP contribution is -2.49. The van der Waals surface area contributed by atoms with E-state index in [9.17, 15) is 4.79 Å². The number of carbonyl (C=O) groups excluding carboxylic acids is 1. The van der Waals surface area contributed by atoms with Crippen LogP contribution in [0.4, 0.5) is 0 Å². The molecule has 1 amide bonds. The molecular weight excluding hydrogens is 388 g/mol. The molecule has 0 radical (unpaired) electrons. The van der Waals surface area contributed by atoms with Crippen molar-refractivity contribution in [3.63, 3.8) is 0 Å². The molecule has 0 atom stereocenters. The minimum absolute atomic E-state index is 0.138. The van der Waals surface area contributed by atoms with Gasteiger partial charge in [-0.15, -0.1) is 5.10 Å². The van der Waals surface area contributed by atoms with E-state index in [0.717, 1.165) is 50.7 Å². The van der Waals surface area contributed by atoms with Gasteiger partial charge < -0.3 is 9.47 Å². The molecule has 3 heterocycles. The zero-order valence-electron chi connectivity index (χ0n) is 16.4. The molecule has 0 unspecified atom stereocenters. The summed E-state index contributed by atoms with van der Waals surface area (Å²) in [6.07, 6.45) is 3.88. The molecule has 1 saturated heterocycles. The van der Waals surface area contributed by atoms with E-state index in [4.69, 9.17) is 0 Å². The molecular formula is C19H24N8OS. The summed E-state index contributed by atoms with van der Waals surface area (Å²) >= 11 is 1.38. The van der Waals surface area contributed by atoms with Crippen LogP contribution in [-0.2, 0) is 18.4 Å². The van der Waals surface area contributed by atoms with Crippen LogP contribution in [0.25, 0.3) is 11.4 Å². The second-order valence-electron chi connectivity index (χ2n) is 6.91. The number of tetrazole rings is 1. The van der Waals surface area contributed by atoms with Crippen molar-refractivity contribution in [3.8, 4) is 11.4 Å². The fourth-order valence-corrected chi connectivity index (χ4v) is 4.12. The molecule has 4 rings (SSSR count). The van der Waals surface area contributed by atoms with Crippen LogP contribution >= 0.6 is 11.8 Å². The summed E-state index contributed by atoms with van der Waals surface area (Å²) < 4.78 is 3.77. The highest BCUT2D eigenvalue weighted by Gasteiger charge is 2.21. The van der Waals surface area contributed by atoms with Crippen molar-refractivity contribution in [3.05, 3.63) is 42.7 Å². The molecule has 3 aromatic rings. The van der Waals surface area contributed by atoms with Crippen LogP contribution in [0.5, 0.6) is 0 Å². The molecule has 152 valence electrons. The lowest BCUT2D eigenvalue weighted by Gasteiger charge is -2.34.